The van der Waals surface area contributed by atoms with E-state index in [4.69, 9.17) is 4.42 Å². The van der Waals surface area contributed by atoms with Crippen LogP contribution in [0.1, 0.15) is 5.76 Å². The molecular weight excluding hydrogens is 260 g/mol. The number of hydrogen-bond donors (Lipinski definition) is 2. The molecule has 1 atom stereocenters. The molecule has 0 saturated heterocycles. The number of nitrogens with zero attached hydrogens (tertiary/aromatic N) is 5. The van der Waals surface area contributed by atoms with Crippen molar-refractivity contribution in [1.82, 2.24) is 25.3 Å². The van der Waals surface area contributed by atoms with Crippen molar-refractivity contribution in [1.29, 1.82) is 0 Å². The van der Waals surface area contributed by atoms with Gasteiger partial charge in [-0.25, -0.2) is 0 Å². The highest BCUT2D eigenvalue weighted by molar-refractivity contribution is 5.42. The molecule has 20 heavy (non-hydrogen) atoms. The molecule has 0 aliphatic rings. The Hall–Kier alpha value is -2.48. The van der Waals surface area contributed by atoms with Crippen molar-refractivity contribution in [2.75, 3.05) is 18.5 Å². The summed E-state index contributed by atoms with van der Waals surface area (Å²) in [7, 11) is 0. The van der Waals surface area contributed by atoms with Crippen LogP contribution in [0, 0.1) is 5.92 Å². The number of furan rings is 1. The predicted molar refractivity (Wildman–Crippen MR) is 70.1 cm³/mol. The van der Waals surface area contributed by atoms with E-state index in [1.165, 1.54) is 4.63 Å². The van der Waals surface area contributed by atoms with Gasteiger partial charge in [0.2, 0.25) is 0 Å². The van der Waals surface area contributed by atoms with Gasteiger partial charge in [0.25, 0.3) is 0 Å². The van der Waals surface area contributed by atoms with Crippen LogP contribution in [-0.4, -0.2) is 43.5 Å². The Morgan fingerprint density at radius 1 is 1.35 bits per heavy atom. The van der Waals surface area contributed by atoms with Crippen LogP contribution in [0.15, 0.2) is 34.9 Å². The molecular formula is C12H14N6O2. The van der Waals surface area contributed by atoms with Gasteiger partial charge in [0.05, 0.1) is 6.26 Å². The summed E-state index contributed by atoms with van der Waals surface area (Å²) in [5, 5.41) is 27.8. The van der Waals surface area contributed by atoms with Crippen molar-refractivity contribution in [3.63, 3.8) is 0 Å². The zero-order valence-corrected chi connectivity index (χ0v) is 10.7. The van der Waals surface area contributed by atoms with Crippen LogP contribution in [0.2, 0.25) is 0 Å². The van der Waals surface area contributed by atoms with Crippen LogP contribution >= 0.6 is 0 Å². The maximum atomic E-state index is 9.40. The van der Waals surface area contributed by atoms with Crippen molar-refractivity contribution in [2.24, 2.45) is 5.92 Å². The highest BCUT2D eigenvalue weighted by atomic mass is 16.3. The molecule has 0 bridgehead atoms. The predicted octanol–water partition coefficient (Wildman–Crippen LogP) is 0.375. The average molecular weight is 274 g/mol. The number of hydrogen-bond acceptors (Lipinski definition) is 7. The van der Waals surface area contributed by atoms with Gasteiger partial charge in [-0.2, -0.15) is 0 Å². The van der Waals surface area contributed by atoms with Crippen LogP contribution in [0.5, 0.6) is 0 Å². The fourth-order valence-corrected chi connectivity index (χ4v) is 1.91. The molecule has 0 amide bonds. The van der Waals surface area contributed by atoms with E-state index in [1.807, 2.05) is 12.1 Å². The molecule has 0 aromatic carbocycles. The zero-order valence-electron chi connectivity index (χ0n) is 10.7. The fourth-order valence-electron chi connectivity index (χ4n) is 1.91. The van der Waals surface area contributed by atoms with Crippen LogP contribution in [0.3, 0.4) is 0 Å². The molecule has 3 aromatic heterocycles. The standard InChI is InChI=1S/C12H14N6O2/c19-8-9(6-10-2-1-5-20-10)7-13-11-3-4-12-14-16-17-18(12)15-11/h1-5,9,19H,6-8H2,(H,13,15). The summed E-state index contributed by atoms with van der Waals surface area (Å²) < 4.78 is 6.63. The molecule has 0 radical (unpaired) electrons. The van der Waals surface area contributed by atoms with Gasteiger partial charge in [-0.1, -0.05) is 0 Å². The number of fused-ring (bicyclic) bond motifs is 1. The lowest BCUT2D eigenvalue weighted by atomic mass is 10.1. The third-order valence-electron chi connectivity index (χ3n) is 2.97. The molecule has 3 aromatic rings. The maximum Gasteiger partial charge on any atom is 0.200 e. The van der Waals surface area contributed by atoms with E-state index >= 15 is 0 Å². The number of aliphatic hydroxyl groups is 1. The molecule has 1 unspecified atom stereocenters. The van der Waals surface area contributed by atoms with Gasteiger partial charge in [-0.15, -0.1) is 14.8 Å². The summed E-state index contributed by atoms with van der Waals surface area (Å²) in [6.07, 6.45) is 2.30. The van der Waals surface area contributed by atoms with Crippen LogP contribution in [-0.2, 0) is 6.42 Å². The molecule has 0 saturated carbocycles. The first-order valence-electron chi connectivity index (χ1n) is 6.27. The summed E-state index contributed by atoms with van der Waals surface area (Å²) in [6, 6.07) is 7.31. The van der Waals surface area contributed by atoms with Crippen LogP contribution in [0.4, 0.5) is 5.82 Å². The van der Waals surface area contributed by atoms with Crippen molar-refractivity contribution in [3.8, 4) is 0 Å². The lowest BCUT2D eigenvalue weighted by molar-refractivity contribution is 0.226. The summed E-state index contributed by atoms with van der Waals surface area (Å²) in [6.45, 7) is 0.651. The second kappa shape index (κ2) is 5.66. The van der Waals surface area contributed by atoms with Crippen molar-refractivity contribution in [3.05, 3.63) is 36.3 Å². The zero-order chi connectivity index (χ0) is 13.8. The van der Waals surface area contributed by atoms with Crippen LogP contribution in [0.25, 0.3) is 5.65 Å². The summed E-state index contributed by atoms with van der Waals surface area (Å²) in [4.78, 5) is 0. The van der Waals surface area contributed by atoms with Crippen molar-refractivity contribution in [2.45, 2.75) is 6.42 Å². The number of nitrogens with one attached hydrogen (secondary N) is 1. The highest BCUT2D eigenvalue weighted by Crippen LogP contribution is 2.11. The molecule has 8 heteroatoms. The van der Waals surface area contributed by atoms with E-state index in [0.29, 0.717) is 24.4 Å². The molecule has 0 spiro atoms. The van der Waals surface area contributed by atoms with Gasteiger partial charge in [0, 0.05) is 25.5 Å². The third kappa shape index (κ3) is 2.75. The van der Waals surface area contributed by atoms with E-state index < -0.39 is 0 Å². The third-order valence-corrected chi connectivity index (χ3v) is 2.97. The molecule has 2 N–H and O–H groups in total. The fraction of sp³-hybridized carbons (Fsp3) is 0.333. The Bertz CT molecular complexity index is 665. The van der Waals surface area contributed by atoms with E-state index in [1.54, 1.807) is 18.4 Å². The molecule has 0 aliphatic heterocycles. The molecule has 3 heterocycles. The number of anilines is 1. The first-order chi connectivity index (χ1) is 9.85. The van der Waals surface area contributed by atoms with Gasteiger partial charge >= 0.3 is 0 Å². The molecule has 104 valence electrons. The van der Waals surface area contributed by atoms with E-state index in [2.05, 4.69) is 25.9 Å². The molecule has 0 fully saturated rings. The second-order valence-electron chi connectivity index (χ2n) is 4.46. The van der Waals surface area contributed by atoms with Gasteiger partial charge in [-0.3, -0.25) is 0 Å². The summed E-state index contributed by atoms with van der Waals surface area (Å²) in [5.74, 6) is 1.56. The van der Waals surface area contributed by atoms with Crippen LogP contribution < -0.4 is 5.32 Å². The lowest BCUT2D eigenvalue weighted by Gasteiger charge is -2.13. The molecule has 3 rings (SSSR count). The maximum absolute atomic E-state index is 9.40. The Morgan fingerprint density at radius 2 is 2.30 bits per heavy atom. The Kier molecular flexibility index (Phi) is 3.55. The Balaban J connectivity index is 1.61. The van der Waals surface area contributed by atoms with Crippen molar-refractivity contribution < 1.29 is 9.52 Å². The summed E-state index contributed by atoms with van der Waals surface area (Å²) in [5.41, 5.74) is 0.588. The number of rotatable bonds is 6. The van der Waals surface area contributed by atoms with E-state index in [9.17, 15) is 5.11 Å². The minimum absolute atomic E-state index is 0.0486. The Morgan fingerprint density at radius 3 is 3.10 bits per heavy atom. The minimum atomic E-state index is 0.0486. The topological polar surface area (TPSA) is 101 Å². The van der Waals surface area contributed by atoms with E-state index in [0.717, 1.165) is 5.76 Å². The first-order valence-corrected chi connectivity index (χ1v) is 6.27. The number of aromatic nitrogens is 5. The number of tetrazole rings is 1. The Labute approximate surface area is 114 Å². The van der Waals surface area contributed by atoms with E-state index in [-0.39, 0.29) is 12.5 Å². The molecule has 0 aliphatic carbocycles. The van der Waals surface area contributed by atoms with Crippen molar-refractivity contribution >= 4 is 11.5 Å². The highest BCUT2D eigenvalue weighted by Gasteiger charge is 2.11. The first kappa shape index (κ1) is 12.5. The average Bonchev–Trinajstić information content (AvgIpc) is 3.13. The lowest BCUT2D eigenvalue weighted by Crippen LogP contribution is -2.21. The second-order valence-corrected chi connectivity index (χ2v) is 4.46. The minimum Gasteiger partial charge on any atom is -0.469 e. The number of aliphatic hydroxyl groups excluding tert-OH is 1. The summed E-state index contributed by atoms with van der Waals surface area (Å²) >= 11 is 0. The largest absolute Gasteiger partial charge is 0.469 e. The normalized spacial score (nSPS) is 12.7. The quantitative estimate of drug-likeness (QED) is 0.669. The van der Waals surface area contributed by atoms with Gasteiger partial charge in [0.1, 0.15) is 11.6 Å². The SMILES string of the molecule is OCC(CNc1ccc2nnnn2n1)Cc1ccco1. The smallest absolute Gasteiger partial charge is 0.200 e. The monoisotopic (exact) mass is 274 g/mol. The van der Waals surface area contributed by atoms with Gasteiger partial charge in [-0.05, 0) is 34.7 Å². The van der Waals surface area contributed by atoms with Gasteiger partial charge < -0.3 is 14.8 Å². The molecule has 8 nitrogen and oxygen atoms in total. The van der Waals surface area contributed by atoms with Gasteiger partial charge in [0.15, 0.2) is 5.65 Å².